The van der Waals surface area contributed by atoms with E-state index in [1.165, 1.54) is 19.2 Å². The van der Waals surface area contributed by atoms with Crippen molar-refractivity contribution < 1.29 is 28.7 Å². The molecule has 1 aliphatic carbocycles. The molecule has 2 aromatic rings. The standard InChI is InChI=1S/C42H53N7O6/c1-25(2)38(46-41(52)54-5)40(51)48-19-9-12-37(48)36-21-30(23-45-36)27-13-15-28(16-14-27)34-18-17-29(22-43-34)31-20-35(44-24-31)32-10-7-8-11-33(32)39(50)49(26(3)4)47-42(53)55-6/h13-18,22-26,32-33,37-38H,7-12,19-21H2,1-6H3,(H,46,52)(H,47,53)/t32?,33-,37+,38+/m1/s1. The molecular formula is C42H53N7O6. The van der Waals surface area contributed by atoms with Gasteiger partial charge in [-0.25, -0.2) is 20.0 Å². The number of amides is 4. The molecule has 1 unspecified atom stereocenters. The monoisotopic (exact) mass is 751 g/mol. The highest BCUT2D eigenvalue weighted by atomic mass is 16.5. The molecule has 1 saturated carbocycles. The van der Waals surface area contributed by atoms with Crippen LogP contribution in [0.4, 0.5) is 9.59 Å². The van der Waals surface area contributed by atoms with Gasteiger partial charge in [-0.1, -0.05) is 57.0 Å². The minimum atomic E-state index is -0.662. The van der Waals surface area contributed by atoms with Gasteiger partial charge in [-0.3, -0.25) is 24.6 Å². The average molecular weight is 752 g/mol. The highest BCUT2D eigenvalue weighted by molar-refractivity contribution is 6.04. The molecule has 4 aliphatic rings. The van der Waals surface area contributed by atoms with Crippen LogP contribution in [0.15, 0.2) is 65.0 Å². The second-order valence-corrected chi connectivity index (χ2v) is 15.4. The summed E-state index contributed by atoms with van der Waals surface area (Å²) in [5, 5.41) is 4.11. The van der Waals surface area contributed by atoms with E-state index in [9.17, 15) is 19.2 Å². The van der Waals surface area contributed by atoms with E-state index in [-0.39, 0.29) is 41.7 Å². The maximum absolute atomic E-state index is 13.7. The Kier molecular flexibility index (Phi) is 12.5. The number of hydrogen-bond acceptors (Lipinski definition) is 9. The van der Waals surface area contributed by atoms with E-state index in [0.717, 1.165) is 83.5 Å². The van der Waals surface area contributed by atoms with Gasteiger partial charge in [-0.2, -0.15) is 0 Å². The van der Waals surface area contributed by atoms with E-state index in [0.29, 0.717) is 19.4 Å². The third kappa shape index (κ3) is 8.81. The average Bonchev–Trinajstić information content (AvgIpc) is 4.00. The molecule has 13 heteroatoms. The van der Waals surface area contributed by atoms with Crippen LogP contribution < -0.4 is 10.7 Å². The third-order valence-corrected chi connectivity index (χ3v) is 11.2. The minimum absolute atomic E-state index is 0.00469. The van der Waals surface area contributed by atoms with Crippen molar-refractivity contribution in [3.63, 3.8) is 0 Å². The van der Waals surface area contributed by atoms with Crippen LogP contribution in [0.25, 0.3) is 22.4 Å². The van der Waals surface area contributed by atoms with E-state index in [1.54, 1.807) is 0 Å². The fraction of sp³-hybridized carbons (Fsp3) is 0.500. The molecule has 4 heterocycles. The zero-order valence-electron chi connectivity index (χ0n) is 32.7. The van der Waals surface area contributed by atoms with Gasteiger partial charge in [0.2, 0.25) is 11.8 Å². The molecule has 0 bridgehead atoms. The number of hydrogen-bond donors (Lipinski definition) is 2. The second kappa shape index (κ2) is 17.4. The van der Waals surface area contributed by atoms with Crippen LogP contribution in [0.3, 0.4) is 0 Å². The molecule has 1 saturated heterocycles. The van der Waals surface area contributed by atoms with Gasteiger partial charge in [0.15, 0.2) is 0 Å². The van der Waals surface area contributed by atoms with Crippen molar-refractivity contribution in [2.45, 2.75) is 97.2 Å². The smallest absolute Gasteiger partial charge is 0.425 e. The second-order valence-electron chi connectivity index (χ2n) is 15.4. The maximum Gasteiger partial charge on any atom is 0.425 e. The molecule has 4 atom stereocenters. The predicted octanol–water partition coefficient (Wildman–Crippen LogP) is 6.81. The predicted molar refractivity (Wildman–Crippen MR) is 212 cm³/mol. The minimum Gasteiger partial charge on any atom is -0.453 e. The van der Waals surface area contributed by atoms with Crippen molar-refractivity contribution in [2.24, 2.45) is 27.7 Å². The van der Waals surface area contributed by atoms with Crippen molar-refractivity contribution in [1.29, 1.82) is 0 Å². The number of nitrogens with zero attached hydrogens (tertiary/aromatic N) is 5. The van der Waals surface area contributed by atoms with Crippen molar-refractivity contribution >= 4 is 46.6 Å². The molecule has 4 amide bonds. The summed E-state index contributed by atoms with van der Waals surface area (Å²) >= 11 is 0. The summed E-state index contributed by atoms with van der Waals surface area (Å²) < 4.78 is 9.53. The molecule has 292 valence electrons. The molecular weight excluding hydrogens is 699 g/mol. The fourth-order valence-electron chi connectivity index (χ4n) is 8.13. The molecule has 2 N–H and O–H groups in total. The topological polar surface area (TPSA) is 155 Å². The Hall–Kier alpha value is -5.33. The lowest BCUT2D eigenvalue weighted by Gasteiger charge is -2.36. The molecule has 2 fully saturated rings. The Morgan fingerprint density at radius 1 is 0.782 bits per heavy atom. The van der Waals surface area contributed by atoms with Gasteiger partial charge in [0.05, 0.1) is 26.0 Å². The Balaban J connectivity index is 1.05. The first-order chi connectivity index (χ1) is 26.5. The number of likely N-dealkylation sites (tertiary alicyclic amines) is 1. The first kappa shape index (κ1) is 39.4. The molecule has 0 radical (unpaired) electrons. The van der Waals surface area contributed by atoms with Gasteiger partial charge in [0.25, 0.3) is 0 Å². The first-order valence-electron chi connectivity index (χ1n) is 19.4. The number of aliphatic imine (C=N–C) groups is 2. The lowest BCUT2D eigenvalue weighted by Crippen LogP contribution is -2.54. The van der Waals surface area contributed by atoms with Gasteiger partial charge in [0.1, 0.15) is 6.04 Å². The summed E-state index contributed by atoms with van der Waals surface area (Å²) in [5.74, 6) is -0.549. The van der Waals surface area contributed by atoms with Crippen molar-refractivity contribution in [1.82, 2.24) is 25.6 Å². The van der Waals surface area contributed by atoms with Crippen LogP contribution in [0.1, 0.15) is 90.2 Å². The number of methoxy groups -OCH3 is 2. The Labute approximate surface area is 323 Å². The number of aromatic nitrogens is 1. The first-order valence-corrected chi connectivity index (χ1v) is 19.4. The zero-order chi connectivity index (χ0) is 39.2. The number of benzene rings is 1. The number of rotatable bonds is 10. The Morgan fingerprint density at radius 3 is 2.07 bits per heavy atom. The highest BCUT2D eigenvalue weighted by Gasteiger charge is 2.40. The number of carbonyl (C=O) groups excluding carboxylic acids is 4. The summed E-state index contributed by atoms with van der Waals surface area (Å²) in [6.07, 6.45) is 11.1. The van der Waals surface area contributed by atoms with Crippen LogP contribution in [0, 0.1) is 17.8 Å². The Bertz CT molecular complexity index is 1880. The van der Waals surface area contributed by atoms with Gasteiger partial charge >= 0.3 is 12.2 Å². The van der Waals surface area contributed by atoms with Gasteiger partial charge in [-0.05, 0) is 73.8 Å². The van der Waals surface area contributed by atoms with Crippen molar-refractivity contribution in [3.05, 3.63) is 66.1 Å². The van der Waals surface area contributed by atoms with E-state index < -0.39 is 18.2 Å². The summed E-state index contributed by atoms with van der Waals surface area (Å²) in [4.78, 5) is 67.4. The highest BCUT2D eigenvalue weighted by Crippen LogP contribution is 2.38. The molecule has 13 nitrogen and oxygen atoms in total. The van der Waals surface area contributed by atoms with Crippen LogP contribution in [0.5, 0.6) is 0 Å². The number of alkyl carbamates (subject to hydrolysis) is 1. The van der Waals surface area contributed by atoms with E-state index in [4.69, 9.17) is 24.4 Å². The molecule has 55 heavy (non-hydrogen) atoms. The summed E-state index contributed by atoms with van der Waals surface area (Å²) in [5.41, 5.74) is 10.7. The Morgan fingerprint density at radius 2 is 1.42 bits per heavy atom. The summed E-state index contributed by atoms with van der Waals surface area (Å²) in [7, 11) is 2.59. The number of pyridine rings is 1. The quantitative estimate of drug-likeness (QED) is 0.253. The number of hydrazine groups is 1. The number of carbonyl (C=O) groups is 4. The van der Waals surface area contributed by atoms with E-state index >= 15 is 0 Å². The SMILES string of the molecule is COC(=O)N[C@H](C(=O)N1CCC[C@H]1C1=NC=C(c2ccc(-c3ccc(C4=CN=C(C5CCCC[C@H]5C(=O)N(NC(=O)OC)C(C)C)C4)cn3)cc2)C1)C(C)C. The molecule has 1 aromatic heterocycles. The number of ether oxygens (including phenoxy) is 2. The van der Waals surface area contributed by atoms with Gasteiger partial charge in [-0.15, -0.1) is 0 Å². The number of allylic oxidation sites excluding steroid dienone is 2. The van der Waals surface area contributed by atoms with Gasteiger partial charge in [0, 0.05) is 72.8 Å². The van der Waals surface area contributed by atoms with Crippen molar-refractivity contribution in [2.75, 3.05) is 20.8 Å². The largest absolute Gasteiger partial charge is 0.453 e. The molecule has 6 rings (SSSR count). The van der Waals surface area contributed by atoms with Crippen LogP contribution in [-0.2, 0) is 19.1 Å². The van der Waals surface area contributed by atoms with Gasteiger partial charge < -0.3 is 19.7 Å². The fourth-order valence-corrected chi connectivity index (χ4v) is 8.13. The molecule has 3 aliphatic heterocycles. The maximum atomic E-state index is 13.7. The lowest BCUT2D eigenvalue weighted by atomic mass is 9.74. The third-order valence-electron chi connectivity index (χ3n) is 11.2. The summed E-state index contributed by atoms with van der Waals surface area (Å²) in [6.45, 7) is 8.20. The molecule has 1 aromatic carbocycles. The van der Waals surface area contributed by atoms with Crippen LogP contribution >= 0.6 is 0 Å². The molecule has 0 spiro atoms. The number of nitrogens with one attached hydrogen (secondary N) is 2. The normalized spacial score (nSPS) is 21.4. The van der Waals surface area contributed by atoms with E-state index in [1.807, 2.05) is 57.3 Å². The van der Waals surface area contributed by atoms with Crippen LogP contribution in [0.2, 0.25) is 0 Å². The van der Waals surface area contributed by atoms with E-state index in [2.05, 4.69) is 41.1 Å². The van der Waals surface area contributed by atoms with Crippen molar-refractivity contribution in [3.8, 4) is 11.3 Å². The lowest BCUT2D eigenvalue weighted by molar-refractivity contribution is -0.142. The van der Waals surface area contributed by atoms with Crippen LogP contribution in [-0.4, -0.2) is 89.2 Å². The zero-order valence-corrected chi connectivity index (χ0v) is 32.7. The summed E-state index contributed by atoms with van der Waals surface area (Å²) in [6, 6.07) is 11.4.